The molecule has 1 N–H and O–H groups in total. The first kappa shape index (κ1) is 26.7. The summed E-state index contributed by atoms with van der Waals surface area (Å²) in [4.78, 5) is 0. The van der Waals surface area contributed by atoms with Crippen LogP contribution in [-0.4, -0.2) is 35.2 Å². The highest BCUT2D eigenvalue weighted by Gasteiger charge is 1.95. The number of unbranched alkanes of at least 4 members (excludes halogenated alkanes) is 5. The Hall–Kier alpha value is -0.340. The van der Waals surface area contributed by atoms with Gasteiger partial charge in [-0.2, -0.15) is 11.8 Å². The molecule has 0 radical (unpaired) electrons. The van der Waals surface area contributed by atoms with E-state index in [1.807, 2.05) is 25.6 Å². The molecule has 0 aliphatic heterocycles. The second-order valence-electron chi connectivity index (χ2n) is 6.70. The smallest absolute Gasteiger partial charge is 0.0438 e. The lowest BCUT2D eigenvalue weighted by Gasteiger charge is -2.09. The summed E-state index contributed by atoms with van der Waals surface area (Å²) in [5, 5.41) is 12.3. The summed E-state index contributed by atoms with van der Waals surface area (Å²) < 4.78 is 0. The molecule has 0 bridgehead atoms. The minimum absolute atomic E-state index is 0.296. The summed E-state index contributed by atoms with van der Waals surface area (Å²) in [6.07, 6.45) is 13.8. The summed E-state index contributed by atoms with van der Waals surface area (Å²) in [6, 6.07) is 9.05. The Morgan fingerprint density at radius 1 is 0.889 bits per heavy atom. The molecule has 1 rings (SSSR count). The van der Waals surface area contributed by atoms with Gasteiger partial charge < -0.3 is 15.4 Å². The van der Waals surface area contributed by atoms with Crippen molar-refractivity contribution in [1.82, 2.24) is 0 Å². The highest BCUT2D eigenvalue weighted by molar-refractivity contribution is 7.99. The lowest BCUT2D eigenvalue weighted by Crippen LogP contribution is -1.91. The fourth-order valence-corrected chi connectivity index (χ4v) is 5.01. The van der Waals surface area contributed by atoms with E-state index in [1.54, 1.807) is 0 Å². The van der Waals surface area contributed by atoms with Crippen molar-refractivity contribution in [2.45, 2.75) is 78.6 Å². The maximum absolute atomic E-state index is 8.72. The molecule has 0 aliphatic rings. The minimum atomic E-state index is 0.296. The lowest BCUT2D eigenvalue weighted by molar-refractivity contribution is 0.296. The summed E-state index contributed by atoms with van der Waals surface area (Å²) in [6.45, 7) is 6.58. The Kier molecular flexibility index (Phi) is 20.1. The van der Waals surface area contributed by atoms with Gasteiger partial charge in [0, 0.05) is 6.61 Å². The summed E-state index contributed by atoms with van der Waals surface area (Å²) in [5.41, 5.74) is 2.73. The van der Waals surface area contributed by atoms with Gasteiger partial charge in [-0.3, -0.25) is 5.18 Å². The zero-order valence-corrected chi connectivity index (χ0v) is 19.9. The topological polar surface area (TPSA) is 20.2 Å². The average Bonchev–Trinajstić information content (AvgIpc) is 2.69. The maximum atomic E-state index is 8.72. The third kappa shape index (κ3) is 16.3. The fourth-order valence-electron chi connectivity index (χ4n) is 2.81. The normalized spacial score (nSPS) is 10.4. The van der Waals surface area contributed by atoms with Crippen LogP contribution in [0.1, 0.15) is 83.3 Å². The molecular weight excluding hydrogens is 368 g/mol. The van der Waals surface area contributed by atoms with E-state index < -0.39 is 0 Å². The molecule has 0 heterocycles. The van der Waals surface area contributed by atoms with E-state index in [-0.39, 0.29) is 0 Å². The minimum Gasteiger partial charge on any atom is -0.452 e. The van der Waals surface area contributed by atoms with E-state index in [9.17, 15) is 0 Å². The van der Waals surface area contributed by atoms with Gasteiger partial charge in [-0.1, -0.05) is 65.0 Å². The molecule has 158 valence electrons. The van der Waals surface area contributed by atoms with Crippen molar-refractivity contribution in [2.75, 3.05) is 30.1 Å². The predicted molar refractivity (Wildman–Crippen MR) is 130 cm³/mol. The van der Waals surface area contributed by atoms with E-state index in [2.05, 4.69) is 42.6 Å². The van der Waals surface area contributed by atoms with Crippen LogP contribution in [0.2, 0.25) is 0 Å². The fraction of sp³-hybridized carbons (Fsp3) is 0.708. The third-order valence-corrected chi connectivity index (χ3v) is 6.97. The molecule has 1 aromatic carbocycles. The van der Waals surface area contributed by atoms with Crippen molar-refractivity contribution in [2.24, 2.45) is 0 Å². The van der Waals surface area contributed by atoms with Gasteiger partial charge in [0.2, 0.25) is 0 Å². The number of rotatable bonds is 13. The number of thioether (sulfide) groups is 1. The molecular formula is C24H43OS2-. The predicted octanol–water partition coefficient (Wildman–Crippen LogP) is 6.68. The maximum Gasteiger partial charge on any atom is 0.0438 e. The Morgan fingerprint density at radius 2 is 1.48 bits per heavy atom. The molecule has 0 saturated heterocycles. The average molecular weight is 412 g/mol. The van der Waals surface area contributed by atoms with Crippen LogP contribution in [0.3, 0.4) is 0 Å². The van der Waals surface area contributed by atoms with Crippen molar-refractivity contribution in [3.05, 3.63) is 35.4 Å². The first-order chi connectivity index (χ1) is 13.3. The molecule has 0 aromatic heterocycles. The molecule has 27 heavy (non-hydrogen) atoms. The van der Waals surface area contributed by atoms with Crippen LogP contribution in [0.15, 0.2) is 24.3 Å². The van der Waals surface area contributed by atoms with Crippen LogP contribution in [0, 0.1) is 5.18 Å². The van der Waals surface area contributed by atoms with Gasteiger partial charge in [-0.25, -0.2) is 0 Å². The highest BCUT2D eigenvalue weighted by Crippen LogP contribution is 2.13. The first-order valence-electron chi connectivity index (χ1n) is 10.9. The molecule has 0 amide bonds. The van der Waals surface area contributed by atoms with E-state index in [0.717, 1.165) is 12.2 Å². The molecule has 0 spiro atoms. The van der Waals surface area contributed by atoms with Crippen molar-refractivity contribution in [3.8, 4) is 5.18 Å². The number of hydrogen-bond acceptors (Lipinski definition) is 3. The van der Waals surface area contributed by atoms with Gasteiger partial charge in [0.25, 0.3) is 0 Å². The number of hydrogen-bond donors (Lipinski definition) is 1. The van der Waals surface area contributed by atoms with Gasteiger partial charge in [0.15, 0.2) is 0 Å². The van der Waals surface area contributed by atoms with Crippen molar-refractivity contribution >= 4 is 22.1 Å². The number of aliphatic hydroxyl groups is 1. The van der Waals surface area contributed by atoms with Crippen LogP contribution in [0.4, 0.5) is 0 Å². The summed E-state index contributed by atoms with van der Waals surface area (Å²) >= 11 is 1.99. The van der Waals surface area contributed by atoms with Gasteiger partial charge in [0.05, 0.1) is 0 Å². The van der Waals surface area contributed by atoms with Crippen molar-refractivity contribution < 1.29 is 5.11 Å². The molecule has 0 unspecified atom stereocenters. The van der Waals surface area contributed by atoms with Crippen LogP contribution >= 0.6 is 11.8 Å². The van der Waals surface area contributed by atoms with Gasteiger partial charge >= 0.3 is 0 Å². The Bertz CT molecular complexity index is 511. The number of benzene rings is 1. The third-order valence-electron chi connectivity index (χ3n) is 4.21. The monoisotopic (exact) mass is 411 g/mol. The highest BCUT2D eigenvalue weighted by atomic mass is 32.2. The second-order valence-corrected chi connectivity index (χ2v) is 9.81. The Labute approximate surface area is 176 Å². The zero-order valence-electron chi connectivity index (χ0n) is 18.3. The van der Waals surface area contributed by atoms with Gasteiger partial charge in [-0.15, -0.1) is 12.0 Å². The van der Waals surface area contributed by atoms with Crippen LogP contribution in [0.5, 0.6) is 0 Å². The van der Waals surface area contributed by atoms with Crippen LogP contribution in [0.25, 0.3) is 0 Å². The number of aliphatic hydroxyl groups excluding tert-OH is 1. The second kappa shape index (κ2) is 20.4. The summed E-state index contributed by atoms with van der Waals surface area (Å²) in [7, 11) is 0.296. The van der Waals surface area contributed by atoms with Crippen molar-refractivity contribution in [3.63, 3.8) is 0 Å². The SMILES string of the molecule is CC.CCC[S-](C)#Cc1ccc(CCCCCCCCSCCCO)cc1. The molecule has 0 aliphatic carbocycles. The van der Waals surface area contributed by atoms with E-state index in [4.69, 9.17) is 5.11 Å². The first-order valence-corrected chi connectivity index (χ1v) is 13.9. The summed E-state index contributed by atoms with van der Waals surface area (Å²) in [5.74, 6) is 3.63. The van der Waals surface area contributed by atoms with Gasteiger partial charge in [0.1, 0.15) is 0 Å². The van der Waals surface area contributed by atoms with Crippen molar-refractivity contribution in [1.29, 1.82) is 0 Å². The molecule has 3 heteroatoms. The molecule has 1 nitrogen and oxygen atoms in total. The van der Waals surface area contributed by atoms with Crippen LogP contribution < -0.4 is 0 Å². The number of aryl methyl sites for hydroxylation is 1. The largest absolute Gasteiger partial charge is 0.452 e. The lowest BCUT2D eigenvalue weighted by atomic mass is 10.0. The quantitative estimate of drug-likeness (QED) is 0.289. The van der Waals surface area contributed by atoms with Crippen LogP contribution in [-0.2, 0) is 16.7 Å². The molecule has 0 atom stereocenters. The van der Waals surface area contributed by atoms with Gasteiger partial charge in [-0.05, 0) is 60.4 Å². The standard InChI is InChI=1S/C22H37OS2.C2H6/c1-3-19-25(2)20-22-14-12-21(13-15-22)11-8-6-4-5-7-9-17-24-18-10-16-23;1-2/h12-15,23H,3-11,16-19H2,1-2H3;1-2H3/q-1;. The molecule has 1 aromatic rings. The van der Waals surface area contributed by atoms with E-state index in [0.29, 0.717) is 16.9 Å². The van der Waals surface area contributed by atoms with E-state index in [1.165, 1.54) is 74.0 Å². The molecule has 0 fully saturated rings. The Morgan fingerprint density at radius 3 is 2.11 bits per heavy atom. The zero-order chi connectivity index (χ0) is 20.2. The molecule has 0 saturated carbocycles. The van der Waals surface area contributed by atoms with E-state index >= 15 is 0 Å². The Balaban J connectivity index is 0.00000326.